The third-order valence-corrected chi connectivity index (χ3v) is 6.83. The highest BCUT2D eigenvalue weighted by Crippen LogP contribution is 2.29. The molecule has 0 radical (unpaired) electrons. The standard InChI is InChI=1S/C33H40N4/c1-22-18-24(3)32(25(4)19-22)28-12-10-14-30(36-28)34-16-8-7-9-17-35-31-15-11-13-29(37-31)33-26(5)20-23(2)21-27(33)6/h10-15,18-21H,7-9,16-17H2,1-6H3,(H,34,36)(H,35,37). The van der Waals surface area contributed by atoms with Gasteiger partial charge in [-0.25, -0.2) is 9.97 Å². The number of nitrogens with one attached hydrogen (secondary N) is 2. The molecule has 2 N–H and O–H groups in total. The maximum absolute atomic E-state index is 4.89. The summed E-state index contributed by atoms with van der Waals surface area (Å²) in [5.74, 6) is 1.88. The average molecular weight is 493 g/mol. The number of hydrogen-bond donors (Lipinski definition) is 2. The van der Waals surface area contributed by atoms with Crippen LogP contribution in [0.2, 0.25) is 0 Å². The largest absolute Gasteiger partial charge is 0.370 e. The van der Waals surface area contributed by atoms with Crippen LogP contribution in [0.5, 0.6) is 0 Å². The van der Waals surface area contributed by atoms with E-state index < -0.39 is 0 Å². The molecule has 0 amide bonds. The Labute approximate surface area is 222 Å². The third-order valence-electron chi connectivity index (χ3n) is 6.83. The summed E-state index contributed by atoms with van der Waals surface area (Å²) in [6, 6.07) is 21.4. The molecule has 2 aromatic heterocycles. The summed E-state index contributed by atoms with van der Waals surface area (Å²) in [4.78, 5) is 9.77. The van der Waals surface area contributed by atoms with Crippen molar-refractivity contribution < 1.29 is 0 Å². The van der Waals surface area contributed by atoms with Crippen molar-refractivity contribution in [3.8, 4) is 22.5 Å². The van der Waals surface area contributed by atoms with Crippen LogP contribution >= 0.6 is 0 Å². The SMILES string of the molecule is Cc1cc(C)c(-c2cccc(NCCCCCNc3cccc(-c4c(C)cc(C)cc4C)n3)n2)c(C)c1. The summed E-state index contributed by atoms with van der Waals surface area (Å²) < 4.78 is 0. The molecule has 0 saturated heterocycles. The van der Waals surface area contributed by atoms with Crippen molar-refractivity contribution in [2.75, 3.05) is 23.7 Å². The average Bonchev–Trinajstić information content (AvgIpc) is 2.83. The fourth-order valence-electron chi connectivity index (χ4n) is 5.37. The minimum atomic E-state index is 0.919. The molecule has 0 bridgehead atoms. The Morgan fingerprint density at radius 2 is 0.892 bits per heavy atom. The number of anilines is 2. The van der Waals surface area contributed by atoms with Gasteiger partial charge in [-0.05, 0) is 107 Å². The first kappa shape index (κ1) is 26.4. The van der Waals surface area contributed by atoms with Crippen molar-refractivity contribution in [3.05, 3.63) is 94.0 Å². The molecule has 4 nitrogen and oxygen atoms in total. The van der Waals surface area contributed by atoms with E-state index in [2.05, 4.69) is 113 Å². The Balaban J connectivity index is 1.24. The first-order valence-corrected chi connectivity index (χ1v) is 13.4. The molecule has 0 unspecified atom stereocenters. The van der Waals surface area contributed by atoms with Crippen molar-refractivity contribution in [2.24, 2.45) is 0 Å². The topological polar surface area (TPSA) is 49.8 Å². The number of pyridine rings is 2. The molecule has 0 spiro atoms. The van der Waals surface area contributed by atoms with Gasteiger partial charge < -0.3 is 10.6 Å². The molecule has 2 aromatic carbocycles. The van der Waals surface area contributed by atoms with Crippen molar-refractivity contribution in [1.29, 1.82) is 0 Å². The third kappa shape index (κ3) is 6.76. The van der Waals surface area contributed by atoms with Crippen molar-refractivity contribution in [1.82, 2.24) is 9.97 Å². The maximum Gasteiger partial charge on any atom is 0.126 e. The van der Waals surface area contributed by atoms with E-state index in [-0.39, 0.29) is 0 Å². The van der Waals surface area contributed by atoms with Gasteiger partial charge in [0.25, 0.3) is 0 Å². The van der Waals surface area contributed by atoms with Crippen LogP contribution in [0.4, 0.5) is 11.6 Å². The zero-order valence-corrected chi connectivity index (χ0v) is 23.2. The highest BCUT2D eigenvalue weighted by atomic mass is 15.0. The summed E-state index contributed by atoms with van der Waals surface area (Å²) in [7, 11) is 0. The number of aromatic nitrogens is 2. The van der Waals surface area contributed by atoms with Gasteiger partial charge in [0.15, 0.2) is 0 Å². The second-order valence-electron chi connectivity index (χ2n) is 10.3. The smallest absolute Gasteiger partial charge is 0.126 e. The zero-order chi connectivity index (χ0) is 26.4. The van der Waals surface area contributed by atoms with Gasteiger partial charge in [-0.1, -0.05) is 47.5 Å². The molecule has 192 valence electrons. The van der Waals surface area contributed by atoms with Gasteiger partial charge in [0.1, 0.15) is 11.6 Å². The Hall–Kier alpha value is -3.66. The van der Waals surface area contributed by atoms with E-state index in [4.69, 9.17) is 9.97 Å². The van der Waals surface area contributed by atoms with Crippen LogP contribution in [-0.4, -0.2) is 23.1 Å². The first-order valence-electron chi connectivity index (χ1n) is 13.4. The van der Waals surface area contributed by atoms with Crippen molar-refractivity contribution in [2.45, 2.75) is 60.8 Å². The molecule has 0 atom stereocenters. The lowest BCUT2D eigenvalue weighted by molar-refractivity contribution is 0.719. The van der Waals surface area contributed by atoms with Gasteiger partial charge in [0.05, 0.1) is 11.4 Å². The Morgan fingerprint density at radius 3 is 1.27 bits per heavy atom. The molecular formula is C33H40N4. The Bertz CT molecular complexity index is 1220. The van der Waals surface area contributed by atoms with Gasteiger partial charge in [0, 0.05) is 24.2 Å². The summed E-state index contributed by atoms with van der Waals surface area (Å²) in [5.41, 5.74) is 12.3. The van der Waals surface area contributed by atoms with E-state index >= 15 is 0 Å². The maximum atomic E-state index is 4.89. The zero-order valence-electron chi connectivity index (χ0n) is 23.2. The predicted molar refractivity (Wildman–Crippen MR) is 159 cm³/mol. The lowest BCUT2D eigenvalue weighted by atomic mass is 9.97. The van der Waals surface area contributed by atoms with Crippen LogP contribution in [0, 0.1) is 41.5 Å². The van der Waals surface area contributed by atoms with Gasteiger partial charge in [0.2, 0.25) is 0 Å². The lowest BCUT2D eigenvalue weighted by Crippen LogP contribution is -2.07. The molecule has 0 aliphatic heterocycles. The molecule has 0 saturated carbocycles. The van der Waals surface area contributed by atoms with E-state index in [0.29, 0.717) is 0 Å². The minimum Gasteiger partial charge on any atom is -0.370 e. The first-order chi connectivity index (χ1) is 17.8. The van der Waals surface area contributed by atoms with E-state index in [1.165, 1.54) is 44.5 Å². The normalized spacial score (nSPS) is 11.0. The number of rotatable bonds is 10. The van der Waals surface area contributed by atoms with Crippen molar-refractivity contribution >= 4 is 11.6 Å². The monoisotopic (exact) mass is 492 g/mol. The fraction of sp³-hybridized carbons (Fsp3) is 0.333. The Kier molecular flexibility index (Phi) is 8.60. The minimum absolute atomic E-state index is 0.919. The molecule has 0 aliphatic carbocycles. The van der Waals surface area contributed by atoms with Crippen LogP contribution in [0.3, 0.4) is 0 Å². The van der Waals surface area contributed by atoms with Gasteiger partial charge in [-0.2, -0.15) is 0 Å². The number of benzene rings is 2. The molecule has 4 rings (SSSR count). The van der Waals surface area contributed by atoms with Crippen LogP contribution in [0.25, 0.3) is 22.5 Å². The second-order valence-corrected chi connectivity index (χ2v) is 10.3. The summed E-state index contributed by atoms with van der Waals surface area (Å²) in [5, 5.41) is 7.02. The summed E-state index contributed by atoms with van der Waals surface area (Å²) >= 11 is 0. The summed E-state index contributed by atoms with van der Waals surface area (Å²) in [6.07, 6.45) is 3.35. The van der Waals surface area contributed by atoms with E-state index in [9.17, 15) is 0 Å². The van der Waals surface area contributed by atoms with Gasteiger partial charge >= 0.3 is 0 Å². The number of nitrogens with zero attached hydrogens (tertiary/aromatic N) is 2. The molecule has 37 heavy (non-hydrogen) atoms. The highest BCUT2D eigenvalue weighted by Gasteiger charge is 2.10. The molecule has 0 aliphatic rings. The van der Waals surface area contributed by atoms with Crippen LogP contribution < -0.4 is 10.6 Å². The molecular weight excluding hydrogens is 452 g/mol. The molecule has 2 heterocycles. The lowest BCUT2D eigenvalue weighted by Gasteiger charge is -2.13. The molecule has 4 aromatic rings. The molecule has 4 heteroatoms. The predicted octanol–water partition coefficient (Wildman–Crippen LogP) is 8.36. The van der Waals surface area contributed by atoms with Crippen LogP contribution in [-0.2, 0) is 0 Å². The van der Waals surface area contributed by atoms with Gasteiger partial charge in [-0.15, -0.1) is 0 Å². The second kappa shape index (κ2) is 12.1. The quantitative estimate of drug-likeness (QED) is 0.218. The van der Waals surface area contributed by atoms with E-state index in [1.807, 2.05) is 0 Å². The highest BCUT2D eigenvalue weighted by molar-refractivity contribution is 5.70. The summed E-state index contributed by atoms with van der Waals surface area (Å²) in [6.45, 7) is 14.8. The number of aryl methyl sites for hydroxylation is 6. The van der Waals surface area contributed by atoms with E-state index in [0.717, 1.165) is 55.4 Å². The number of unbranched alkanes of at least 4 members (excludes halogenated alkanes) is 2. The van der Waals surface area contributed by atoms with E-state index in [1.54, 1.807) is 0 Å². The van der Waals surface area contributed by atoms with Crippen LogP contribution in [0.15, 0.2) is 60.7 Å². The Morgan fingerprint density at radius 1 is 0.514 bits per heavy atom. The van der Waals surface area contributed by atoms with Crippen LogP contribution in [0.1, 0.15) is 52.6 Å². The van der Waals surface area contributed by atoms with Crippen molar-refractivity contribution in [3.63, 3.8) is 0 Å². The van der Waals surface area contributed by atoms with Gasteiger partial charge in [-0.3, -0.25) is 0 Å². The number of hydrogen-bond acceptors (Lipinski definition) is 4. The molecule has 0 fully saturated rings. The fourth-order valence-corrected chi connectivity index (χ4v) is 5.37.